The maximum atomic E-state index is 12.6. The van der Waals surface area contributed by atoms with Gasteiger partial charge in [-0.3, -0.25) is 14.4 Å². The second-order valence-corrected chi connectivity index (χ2v) is 10.4. The number of hydrogen-bond donors (Lipinski definition) is 1. The Hall–Kier alpha value is -2.53. The number of H-pyrrole nitrogens is 1. The minimum absolute atomic E-state index is 0.0713. The van der Waals surface area contributed by atoms with Crippen molar-refractivity contribution in [1.82, 2.24) is 29.7 Å². The fourth-order valence-electron chi connectivity index (χ4n) is 3.21. The number of nitrogens with zero attached hydrogens (tertiary/aromatic N) is 5. The number of aromatic amines is 1. The normalized spacial score (nSPS) is 14.6. The lowest BCUT2D eigenvalue weighted by Gasteiger charge is -2.14. The van der Waals surface area contributed by atoms with Crippen LogP contribution in [0.25, 0.3) is 4.96 Å². The highest BCUT2D eigenvalue weighted by molar-refractivity contribution is 8.01. The Morgan fingerprint density at radius 3 is 2.67 bits per heavy atom. The SMILES string of the molecule is CC(C)(C)c1nnc2sc(SCC(=O)c3c[nH]c(C(=O)N4CCCC4)c3)nn2c1=O. The smallest absolute Gasteiger partial charge is 0.297 e. The Labute approximate surface area is 180 Å². The van der Waals surface area contributed by atoms with Crippen molar-refractivity contribution in [2.24, 2.45) is 0 Å². The van der Waals surface area contributed by atoms with Crippen molar-refractivity contribution < 1.29 is 9.59 Å². The average Bonchev–Trinajstić information content (AvgIpc) is 3.45. The molecule has 1 N–H and O–H groups in total. The summed E-state index contributed by atoms with van der Waals surface area (Å²) in [6, 6.07) is 1.60. The zero-order chi connectivity index (χ0) is 21.5. The third kappa shape index (κ3) is 4.04. The molecular weight excluding hydrogens is 424 g/mol. The first-order valence-corrected chi connectivity index (χ1v) is 11.4. The second-order valence-electron chi connectivity index (χ2n) is 8.18. The predicted molar refractivity (Wildman–Crippen MR) is 115 cm³/mol. The van der Waals surface area contributed by atoms with E-state index in [9.17, 15) is 14.4 Å². The lowest BCUT2D eigenvalue weighted by molar-refractivity contribution is 0.0787. The van der Waals surface area contributed by atoms with Gasteiger partial charge in [-0.25, -0.2) is 0 Å². The number of hydrogen-bond acceptors (Lipinski definition) is 8. The standard InChI is InChI=1S/C19H22N6O3S2/c1-19(2,3)14-16(28)25-17(22-21-14)30-18(23-25)29-10-13(26)11-8-12(20-9-11)15(27)24-6-4-5-7-24/h8-9,20H,4-7,10H2,1-3H3. The molecule has 0 saturated carbocycles. The molecule has 0 aromatic carbocycles. The summed E-state index contributed by atoms with van der Waals surface area (Å²) >= 11 is 2.45. The van der Waals surface area contributed by atoms with Crippen LogP contribution in [0.15, 0.2) is 21.4 Å². The van der Waals surface area contributed by atoms with Crippen LogP contribution in [0, 0.1) is 0 Å². The van der Waals surface area contributed by atoms with Crippen molar-refractivity contribution in [3.05, 3.63) is 39.6 Å². The quantitative estimate of drug-likeness (QED) is 0.473. The molecular formula is C19H22N6O3S2. The van der Waals surface area contributed by atoms with Crippen molar-refractivity contribution in [3.63, 3.8) is 0 Å². The number of nitrogens with one attached hydrogen (secondary N) is 1. The van der Waals surface area contributed by atoms with E-state index in [-0.39, 0.29) is 23.0 Å². The number of amides is 1. The van der Waals surface area contributed by atoms with Gasteiger partial charge in [-0.2, -0.15) is 4.52 Å². The Morgan fingerprint density at radius 2 is 1.97 bits per heavy atom. The zero-order valence-electron chi connectivity index (χ0n) is 17.0. The van der Waals surface area contributed by atoms with Crippen molar-refractivity contribution in [1.29, 1.82) is 0 Å². The first kappa shape index (κ1) is 20.7. The summed E-state index contributed by atoms with van der Waals surface area (Å²) in [5.41, 5.74) is 0.509. The van der Waals surface area contributed by atoms with Gasteiger partial charge in [-0.05, 0) is 18.9 Å². The molecule has 11 heteroatoms. The van der Waals surface area contributed by atoms with E-state index in [2.05, 4.69) is 20.3 Å². The van der Waals surface area contributed by atoms with Crippen LogP contribution in [0.5, 0.6) is 0 Å². The van der Waals surface area contributed by atoms with Gasteiger partial charge in [0.2, 0.25) is 4.96 Å². The molecule has 9 nitrogen and oxygen atoms in total. The van der Waals surface area contributed by atoms with E-state index in [4.69, 9.17) is 0 Å². The van der Waals surface area contributed by atoms with Gasteiger partial charge in [0.1, 0.15) is 11.4 Å². The van der Waals surface area contributed by atoms with Crippen molar-refractivity contribution in [3.8, 4) is 0 Å². The van der Waals surface area contributed by atoms with Crippen LogP contribution < -0.4 is 5.56 Å². The van der Waals surface area contributed by atoms with Gasteiger partial charge in [0.15, 0.2) is 10.1 Å². The molecule has 0 bridgehead atoms. The lowest BCUT2D eigenvalue weighted by atomic mass is 9.93. The molecule has 3 aromatic rings. The van der Waals surface area contributed by atoms with Crippen molar-refractivity contribution in [2.45, 2.75) is 43.4 Å². The molecule has 1 fully saturated rings. The van der Waals surface area contributed by atoms with E-state index >= 15 is 0 Å². The van der Waals surface area contributed by atoms with Crippen LogP contribution in [0.1, 0.15) is 60.2 Å². The molecule has 1 aliphatic heterocycles. The van der Waals surface area contributed by atoms with E-state index in [1.807, 2.05) is 20.8 Å². The molecule has 3 aromatic heterocycles. The third-order valence-corrected chi connectivity index (χ3v) is 6.87. The monoisotopic (exact) mass is 446 g/mol. The summed E-state index contributed by atoms with van der Waals surface area (Å²) in [5.74, 6) is -0.0497. The first-order chi connectivity index (χ1) is 14.2. The molecule has 1 saturated heterocycles. The van der Waals surface area contributed by atoms with Gasteiger partial charge in [0.05, 0.1) is 5.75 Å². The number of thioether (sulfide) groups is 1. The first-order valence-electron chi connectivity index (χ1n) is 9.65. The maximum Gasteiger partial charge on any atom is 0.297 e. The van der Waals surface area contributed by atoms with E-state index in [1.54, 1.807) is 17.2 Å². The Bertz CT molecular complexity index is 1170. The van der Waals surface area contributed by atoms with Gasteiger partial charge < -0.3 is 9.88 Å². The molecule has 158 valence electrons. The van der Waals surface area contributed by atoms with E-state index in [1.165, 1.54) is 27.6 Å². The Morgan fingerprint density at radius 1 is 1.23 bits per heavy atom. The van der Waals surface area contributed by atoms with E-state index in [0.717, 1.165) is 25.9 Å². The van der Waals surface area contributed by atoms with Gasteiger partial charge in [0.25, 0.3) is 11.5 Å². The highest BCUT2D eigenvalue weighted by atomic mass is 32.2. The highest BCUT2D eigenvalue weighted by Gasteiger charge is 2.24. The maximum absolute atomic E-state index is 12.6. The number of aromatic nitrogens is 5. The Kier molecular flexibility index (Phi) is 5.49. The molecule has 30 heavy (non-hydrogen) atoms. The predicted octanol–water partition coefficient (Wildman–Crippen LogP) is 2.38. The van der Waals surface area contributed by atoms with Crippen LogP contribution in [-0.2, 0) is 5.41 Å². The van der Waals surface area contributed by atoms with Gasteiger partial charge >= 0.3 is 0 Å². The van der Waals surface area contributed by atoms with Crippen molar-refractivity contribution >= 4 is 39.7 Å². The molecule has 4 heterocycles. The number of carbonyl (C=O) groups excluding carboxylic acids is 2. The molecule has 0 unspecified atom stereocenters. The third-order valence-electron chi connectivity index (χ3n) is 4.84. The Balaban J connectivity index is 1.45. The second kappa shape index (κ2) is 7.95. The van der Waals surface area contributed by atoms with Gasteiger partial charge in [0, 0.05) is 30.3 Å². The molecule has 0 radical (unpaired) electrons. The summed E-state index contributed by atoms with van der Waals surface area (Å²) in [7, 11) is 0. The largest absolute Gasteiger partial charge is 0.356 e. The number of ketones is 1. The highest BCUT2D eigenvalue weighted by Crippen LogP contribution is 2.25. The minimum atomic E-state index is -0.434. The molecule has 4 rings (SSSR count). The fraction of sp³-hybridized carbons (Fsp3) is 0.474. The number of carbonyl (C=O) groups is 2. The number of fused-ring (bicyclic) bond motifs is 1. The summed E-state index contributed by atoms with van der Waals surface area (Å²) in [4.78, 5) is 42.7. The summed E-state index contributed by atoms with van der Waals surface area (Å²) in [5, 5.41) is 12.5. The van der Waals surface area contributed by atoms with Crippen LogP contribution in [0.3, 0.4) is 0 Å². The van der Waals surface area contributed by atoms with E-state index < -0.39 is 5.41 Å². The topological polar surface area (TPSA) is 113 Å². The van der Waals surface area contributed by atoms with Crippen LogP contribution >= 0.6 is 23.1 Å². The lowest BCUT2D eigenvalue weighted by Crippen LogP contribution is -2.30. The van der Waals surface area contributed by atoms with Crippen molar-refractivity contribution in [2.75, 3.05) is 18.8 Å². The number of rotatable bonds is 5. The molecule has 0 spiro atoms. The van der Waals surface area contributed by atoms with E-state index in [0.29, 0.717) is 26.3 Å². The average molecular weight is 447 g/mol. The molecule has 0 atom stereocenters. The number of likely N-dealkylation sites (tertiary alicyclic amines) is 1. The molecule has 0 aliphatic carbocycles. The number of Topliss-reactive ketones (excluding diaryl/α,β-unsaturated/α-hetero) is 1. The molecule has 1 aliphatic rings. The van der Waals surface area contributed by atoms with Gasteiger partial charge in [-0.1, -0.05) is 43.9 Å². The molecule has 1 amide bonds. The van der Waals surface area contributed by atoms with Crippen LogP contribution in [0.4, 0.5) is 0 Å². The van der Waals surface area contributed by atoms with Crippen LogP contribution in [-0.4, -0.2) is 60.2 Å². The summed E-state index contributed by atoms with van der Waals surface area (Å²) in [6.45, 7) is 7.20. The zero-order valence-corrected chi connectivity index (χ0v) is 18.6. The van der Waals surface area contributed by atoms with Crippen LogP contribution in [0.2, 0.25) is 0 Å². The minimum Gasteiger partial charge on any atom is -0.356 e. The summed E-state index contributed by atoms with van der Waals surface area (Å²) in [6.07, 6.45) is 3.60. The summed E-state index contributed by atoms with van der Waals surface area (Å²) < 4.78 is 1.80. The fourth-order valence-corrected chi connectivity index (χ4v) is 4.97. The van der Waals surface area contributed by atoms with Gasteiger partial charge in [-0.15, -0.1) is 15.3 Å².